The van der Waals surface area contributed by atoms with E-state index in [9.17, 15) is 24.3 Å². The van der Waals surface area contributed by atoms with Crippen molar-refractivity contribution in [1.82, 2.24) is 14.5 Å². The van der Waals surface area contributed by atoms with Crippen LogP contribution in [0.5, 0.6) is 0 Å². The van der Waals surface area contributed by atoms with Gasteiger partial charge in [-0.2, -0.15) is 4.90 Å². The van der Waals surface area contributed by atoms with E-state index in [1.165, 1.54) is 6.20 Å². The summed E-state index contributed by atoms with van der Waals surface area (Å²) in [5, 5.41) is 9.85. The Morgan fingerprint density at radius 3 is 1.72 bits per heavy atom. The minimum absolute atomic E-state index is 0.115. The first-order chi connectivity index (χ1) is 14.3. The van der Waals surface area contributed by atoms with Crippen molar-refractivity contribution in [3.8, 4) is 0 Å². The van der Waals surface area contributed by atoms with Crippen molar-refractivity contribution in [2.24, 2.45) is 0 Å². The fourth-order valence-corrected chi connectivity index (χ4v) is 2.39. The number of rotatable bonds is 4. The normalized spacial score (nSPS) is 13.2. The van der Waals surface area contributed by atoms with Gasteiger partial charge in [0, 0.05) is 12.6 Å². The van der Waals surface area contributed by atoms with Gasteiger partial charge < -0.3 is 19.3 Å². The maximum Gasteiger partial charge on any atom is 0.420 e. The Morgan fingerprint density at radius 2 is 1.34 bits per heavy atom. The monoisotopic (exact) mass is 455 g/mol. The number of amides is 2. The van der Waals surface area contributed by atoms with E-state index in [1.54, 1.807) is 62.3 Å². The van der Waals surface area contributed by atoms with Crippen LogP contribution in [0.25, 0.3) is 0 Å². The highest BCUT2D eigenvalue weighted by Crippen LogP contribution is 2.20. The molecule has 1 aromatic rings. The fraction of sp³-hybridized carbons (Fsp3) is 0.667. The lowest BCUT2D eigenvalue weighted by Crippen LogP contribution is -2.53. The van der Waals surface area contributed by atoms with Crippen LogP contribution in [0.2, 0.25) is 0 Å². The van der Waals surface area contributed by atoms with Crippen molar-refractivity contribution >= 4 is 24.2 Å². The molecular formula is C21H33N3O8. The number of nitrogens with zero attached hydrogens (tertiary/aromatic N) is 3. The molecule has 1 heterocycles. The second-order valence-electron chi connectivity index (χ2n) is 10.1. The predicted molar refractivity (Wildman–Crippen MR) is 113 cm³/mol. The van der Waals surface area contributed by atoms with Crippen molar-refractivity contribution in [2.45, 2.75) is 91.6 Å². The Hall–Kier alpha value is -3.11. The molecule has 0 saturated carbocycles. The maximum atomic E-state index is 12.8. The zero-order valence-corrected chi connectivity index (χ0v) is 20.1. The van der Waals surface area contributed by atoms with Gasteiger partial charge in [-0.3, -0.25) is 0 Å². The molecule has 11 heteroatoms. The zero-order chi connectivity index (χ0) is 25.1. The molecule has 0 bridgehead atoms. The van der Waals surface area contributed by atoms with E-state index < -0.39 is 53.5 Å². The Kier molecular flexibility index (Phi) is 8.06. The molecule has 32 heavy (non-hydrogen) atoms. The highest BCUT2D eigenvalue weighted by atomic mass is 16.6. The third-order valence-electron chi connectivity index (χ3n) is 3.48. The second kappa shape index (κ2) is 9.58. The van der Waals surface area contributed by atoms with Crippen LogP contribution in [0.3, 0.4) is 0 Å². The van der Waals surface area contributed by atoms with Crippen LogP contribution in [0, 0.1) is 0 Å². The molecule has 0 aliphatic heterocycles. The molecule has 0 aliphatic rings. The molecule has 0 aromatic carbocycles. The lowest BCUT2D eigenvalue weighted by molar-refractivity contribution is -0.143. The minimum atomic E-state index is -1.74. The second-order valence-corrected chi connectivity index (χ2v) is 10.1. The van der Waals surface area contributed by atoms with E-state index in [4.69, 9.17) is 14.2 Å². The van der Waals surface area contributed by atoms with Crippen molar-refractivity contribution < 1.29 is 38.5 Å². The molecule has 1 rings (SSSR count). The van der Waals surface area contributed by atoms with Gasteiger partial charge in [0.05, 0.1) is 5.69 Å². The molecule has 0 unspecified atom stereocenters. The summed E-state index contributed by atoms with van der Waals surface area (Å²) in [6.07, 6.45) is -1.19. The number of carboxylic acid groups (broad SMARTS) is 1. The highest BCUT2D eigenvalue weighted by Gasteiger charge is 2.41. The van der Waals surface area contributed by atoms with E-state index in [0.29, 0.717) is 4.90 Å². The average Bonchev–Trinajstić information content (AvgIpc) is 2.97. The number of carbonyl (C=O) groups is 4. The lowest BCUT2D eigenvalue weighted by atomic mass is 10.1. The Bertz CT molecular complexity index is 828. The number of carboxylic acids is 1. The molecule has 11 nitrogen and oxygen atoms in total. The first-order valence-electron chi connectivity index (χ1n) is 10.0. The van der Waals surface area contributed by atoms with E-state index in [-0.39, 0.29) is 5.69 Å². The lowest BCUT2D eigenvalue weighted by Gasteiger charge is -2.31. The minimum Gasteiger partial charge on any atom is -0.480 e. The largest absolute Gasteiger partial charge is 0.480 e. The van der Waals surface area contributed by atoms with Gasteiger partial charge in [-0.05, 0) is 62.3 Å². The van der Waals surface area contributed by atoms with Gasteiger partial charge in [-0.25, -0.2) is 28.7 Å². The summed E-state index contributed by atoms with van der Waals surface area (Å²) in [7, 11) is 0. The predicted octanol–water partition coefficient (Wildman–Crippen LogP) is 3.83. The molecule has 1 atom stereocenters. The molecule has 0 fully saturated rings. The van der Waals surface area contributed by atoms with Gasteiger partial charge in [0.1, 0.15) is 29.2 Å². The Labute approximate surface area is 187 Å². The number of aliphatic carboxylic acids is 1. The molecule has 1 aromatic heterocycles. The van der Waals surface area contributed by atoms with E-state index in [2.05, 4.69) is 4.98 Å². The molecule has 0 spiro atoms. The summed E-state index contributed by atoms with van der Waals surface area (Å²) in [5.74, 6) is -1.50. The van der Waals surface area contributed by atoms with Crippen LogP contribution in [0.4, 0.5) is 14.4 Å². The van der Waals surface area contributed by atoms with Crippen molar-refractivity contribution in [2.75, 3.05) is 0 Å². The first-order valence-corrected chi connectivity index (χ1v) is 10.0. The molecule has 180 valence electrons. The third-order valence-corrected chi connectivity index (χ3v) is 3.48. The van der Waals surface area contributed by atoms with Gasteiger partial charge in [0.15, 0.2) is 0 Å². The zero-order valence-electron chi connectivity index (χ0n) is 20.1. The van der Waals surface area contributed by atoms with Crippen LogP contribution < -0.4 is 0 Å². The summed E-state index contributed by atoms with van der Waals surface area (Å²) in [6.45, 7) is 14.5. The summed E-state index contributed by atoms with van der Waals surface area (Å²) in [6, 6.07) is -1.74. The average molecular weight is 456 g/mol. The van der Waals surface area contributed by atoms with Crippen LogP contribution >= 0.6 is 0 Å². The summed E-state index contributed by atoms with van der Waals surface area (Å²) in [5.41, 5.74) is -2.69. The van der Waals surface area contributed by atoms with Gasteiger partial charge >= 0.3 is 24.2 Å². The standard InChI is InChI=1S/C21H33N3O8/c1-19(2,3)30-16(27)23-12-22-11-13(23)10-14(15(25)26)24(17(28)31-20(4,5)6)18(29)32-21(7,8)9/h11-12,14H,10H2,1-9H3,(H,25,26)/t14-/m0/s1. The molecular weight excluding hydrogens is 422 g/mol. The van der Waals surface area contributed by atoms with Gasteiger partial charge in [0.2, 0.25) is 0 Å². The number of carbonyl (C=O) groups excluding carboxylic acids is 3. The quantitative estimate of drug-likeness (QED) is 0.671. The van der Waals surface area contributed by atoms with E-state index >= 15 is 0 Å². The van der Waals surface area contributed by atoms with E-state index in [1.807, 2.05) is 0 Å². The van der Waals surface area contributed by atoms with Crippen LogP contribution in [0.15, 0.2) is 12.5 Å². The third kappa shape index (κ3) is 8.56. The molecule has 1 N–H and O–H groups in total. The smallest absolute Gasteiger partial charge is 0.420 e. The van der Waals surface area contributed by atoms with Gasteiger partial charge in [-0.15, -0.1) is 0 Å². The molecule has 2 amide bonds. The molecule has 0 radical (unpaired) electrons. The van der Waals surface area contributed by atoms with Gasteiger partial charge in [0.25, 0.3) is 0 Å². The summed E-state index contributed by atoms with van der Waals surface area (Å²) in [4.78, 5) is 54.4. The summed E-state index contributed by atoms with van der Waals surface area (Å²) < 4.78 is 16.8. The van der Waals surface area contributed by atoms with Gasteiger partial charge in [-0.1, -0.05) is 0 Å². The van der Waals surface area contributed by atoms with Crippen molar-refractivity contribution in [3.63, 3.8) is 0 Å². The topological polar surface area (TPSA) is 137 Å². The Balaban J connectivity index is 3.35. The van der Waals surface area contributed by atoms with Crippen LogP contribution in [-0.4, -0.2) is 66.7 Å². The van der Waals surface area contributed by atoms with Crippen molar-refractivity contribution in [3.05, 3.63) is 18.2 Å². The number of imidazole rings is 1. The molecule has 0 aliphatic carbocycles. The number of hydrogen-bond acceptors (Lipinski definition) is 8. The van der Waals surface area contributed by atoms with E-state index in [0.717, 1.165) is 10.9 Å². The summed E-state index contributed by atoms with van der Waals surface area (Å²) >= 11 is 0. The highest BCUT2D eigenvalue weighted by molar-refractivity contribution is 5.93. The number of aromatic nitrogens is 2. The SMILES string of the molecule is CC(C)(C)OC(=O)N(C(=O)OC(C)(C)C)[C@@H](Cc1cncn1C(=O)OC(C)(C)C)C(=O)O. The van der Waals surface area contributed by atoms with Crippen LogP contribution in [0.1, 0.15) is 68.0 Å². The Morgan fingerprint density at radius 1 is 0.906 bits per heavy atom. The van der Waals surface area contributed by atoms with Crippen molar-refractivity contribution in [1.29, 1.82) is 0 Å². The first kappa shape index (κ1) is 26.9. The fourth-order valence-electron chi connectivity index (χ4n) is 2.39. The number of imide groups is 1. The van der Waals surface area contributed by atoms with Crippen LogP contribution in [-0.2, 0) is 25.4 Å². The molecule has 0 saturated heterocycles. The number of hydrogen-bond donors (Lipinski definition) is 1. The maximum absolute atomic E-state index is 12.8. The number of ether oxygens (including phenoxy) is 3.